The average Bonchev–Trinajstić information content (AvgIpc) is 3.56. The fraction of sp³-hybridized carbons (Fsp3) is 0.190. The third-order valence-corrected chi connectivity index (χ3v) is 9.26. The van der Waals surface area contributed by atoms with Crippen LogP contribution in [0.5, 0.6) is 5.75 Å². The first-order valence-corrected chi connectivity index (χ1v) is 16.2. The summed E-state index contributed by atoms with van der Waals surface area (Å²) in [4.78, 5) is 10.1. The zero-order valence-electron chi connectivity index (χ0n) is 27.9. The van der Waals surface area contributed by atoms with E-state index < -0.39 is 0 Å². The van der Waals surface area contributed by atoms with Crippen LogP contribution < -0.4 is 0 Å². The van der Waals surface area contributed by atoms with Gasteiger partial charge >= 0.3 is 0 Å². The largest absolute Gasteiger partial charge is 0.507 e. The molecular weight excluding hydrogens is 772 g/mol. The molecule has 8 aromatic rings. The molecule has 0 saturated carbocycles. The Balaban J connectivity index is 0.00000364. The second kappa shape index (κ2) is 11.5. The van der Waals surface area contributed by atoms with Crippen LogP contribution in [0.4, 0.5) is 0 Å². The van der Waals surface area contributed by atoms with E-state index in [0.29, 0.717) is 0 Å². The molecule has 0 saturated heterocycles. The number of hydrogen-bond donors (Lipinski definition) is 1. The van der Waals surface area contributed by atoms with E-state index in [2.05, 4.69) is 130 Å². The molecule has 0 aliphatic carbocycles. The van der Waals surface area contributed by atoms with Gasteiger partial charge in [0, 0.05) is 49.1 Å². The predicted octanol–water partition coefficient (Wildman–Crippen LogP) is 10.4. The molecule has 0 radical (unpaired) electrons. The van der Waals surface area contributed by atoms with Crippen LogP contribution in [0.15, 0.2) is 109 Å². The standard InChI is InChI=1S/C42H37N4O.Pt/c1-41(2,3)26-18-21-37(47)31(23-26)33-20-19-29-28-13-7-9-15-34(28)45(40(29)44-33)27-24-32(42(4,5)6)39-30-14-8-10-16-35(30)46(36(39)25-27)38-17-11-12-22-43-38;/h7-24,47H,1-6H3;/q-1;. The van der Waals surface area contributed by atoms with Crippen molar-refractivity contribution in [2.45, 2.75) is 52.4 Å². The van der Waals surface area contributed by atoms with Crippen LogP contribution in [0.1, 0.15) is 52.7 Å². The molecule has 48 heavy (non-hydrogen) atoms. The Bertz CT molecular complexity index is 2490. The van der Waals surface area contributed by atoms with Crippen molar-refractivity contribution in [2.75, 3.05) is 0 Å². The summed E-state index contributed by atoms with van der Waals surface area (Å²) in [6, 6.07) is 39.2. The normalized spacial score (nSPS) is 12.3. The molecule has 242 valence electrons. The minimum absolute atomic E-state index is 0. The fourth-order valence-corrected chi connectivity index (χ4v) is 6.87. The number of pyridine rings is 2. The van der Waals surface area contributed by atoms with Crippen LogP contribution in [0.3, 0.4) is 0 Å². The third kappa shape index (κ3) is 5.04. The van der Waals surface area contributed by atoms with Crippen molar-refractivity contribution < 1.29 is 26.2 Å². The Morgan fingerprint density at radius 3 is 2.04 bits per heavy atom. The molecule has 0 bridgehead atoms. The number of para-hydroxylation sites is 2. The van der Waals surface area contributed by atoms with E-state index in [1.807, 2.05) is 30.5 Å². The first-order chi connectivity index (χ1) is 22.5. The zero-order valence-corrected chi connectivity index (χ0v) is 30.2. The molecule has 0 spiro atoms. The maximum Gasteiger partial charge on any atom is 0.144 e. The van der Waals surface area contributed by atoms with E-state index in [1.54, 1.807) is 6.07 Å². The number of fused-ring (bicyclic) bond motifs is 6. The Kier molecular flexibility index (Phi) is 7.60. The first kappa shape index (κ1) is 31.8. The number of aromatic hydroxyl groups is 1. The summed E-state index contributed by atoms with van der Waals surface area (Å²) in [7, 11) is 0. The first-order valence-electron chi connectivity index (χ1n) is 16.2. The number of hydrogen-bond acceptors (Lipinski definition) is 3. The van der Waals surface area contributed by atoms with E-state index in [-0.39, 0.29) is 37.6 Å². The van der Waals surface area contributed by atoms with Gasteiger partial charge in [0.1, 0.15) is 17.2 Å². The molecular formula is C42H37N4OPt-. The zero-order chi connectivity index (χ0) is 32.7. The second-order valence-electron chi connectivity index (χ2n) is 14.5. The summed E-state index contributed by atoms with van der Waals surface area (Å²) in [6.07, 6.45) is 1.84. The molecule has 0 aliphatic heterocycles. The molecule has 1 N–H and O–H groups in total. The quantitative estimate of drug-likeness (QED) is 0.181. The van der Waals surface area contributed by atoms with Crippen molar-refractivity contribution >= 4 is 43.7 Å². The van der Waals surface area contributed by atoms with E-state index >= 15 is 0 Å². The van der Waals surface area contributed by atoms with E-state index in [1.165, 1.54) is 16.3 Å². The van der Waals surface area contributed by atoms with Gasteiger partial charge < -0.3 is 14.2 Å². The molecule has 4 aromatic carbocycles. The minimum Gasteiger partial charge on any atom is -0.507 e. The van der Waals surface area contributed by atoms with Crippen LogP contribution in [0, 0.1) is 6.07 Å². The number of benzene rings is 4. The predicted molar refractivity (Wildman–Crippen MR) is 194 cm³/mol. The van der Waals surface area contributed by atoms with Crippen LogP contribution >= 0.6 is 0 Å². The molecule has 0 unspecified atom stereocenters. The number of nitrogens with zero attached hydrogens (tertiary/aromatic N) is 4. The van der Waals surface area contributed by atoms with Crippen LogP contribution in [-0.4, -0.2) is 24.2 Å². The van der Waals surface area contributed by atoms with Gasteiger partial charge in [0.15, 0.2) is 0 Å². The van der Waals surface area contributed by atoms with Crippen LogP contribution in [0.25, 0.3) is 66.5 Å². The molecule has 5 nitrogen and oxygen atoms in total. The van der Waals surface area contributed by atoms with Gasteiger partial charge in [-0.2, -0.15) is 0 Å². The summed E-state index contributed by atoms with van der Waals surface area (Å²) < 4.78 is 4.46. The van der Waals surface area contributed by atoms with Gasteiger partial charge in [0.25, 0.3) is 0 Å². The molecule has 0 amide bonds. The SMILES string of the molecule is CC(C)(C)c1ccc(O)c(-c2ccc3c4ccccc4n(-c4[c-]c5c(c(C(C)(C)C)c4)c4ccccc4n5-c4ccccn4)c3n2)c1.[Pt]. The number of phenols is 1. The van der Waals surface area contributed by atoms with Gasteiger partial charge in [-0.1, -0.05) is 107 Å². The van der Waals surface area contributed by atoms with Crippen molar-refractivity contribution in [1.29, 1.82) is 0 Å². The molecule has 4 heterocycles. The molecule has 8 rings (SSSR count). The number of rotatable bonds is 3. The van der Waals surface area contributed by atoms with E-state index in [4.69, 9.17) is 9.97 Å². The summed E-state index contributed by atoms with van der Waals surface area (Å²) in [5, 5.41) is 15.6. The summed E-state index contributed by atoms with van der Waals surface area (Å²) in [5.74, 6) is 1.07. The second-order valence-corrected chi connectivity index (χ2v) is 14.5. The molecule has 0 aliphatic rings. The van der Waals surface area contributed by atoms with Crippen molar-refractivity contribution in [3.8, 4) is 28.5 Å². The topological polar surface area (TPSA) is 55.9 Å². The molecule has 4 aromatic heterocycles. The van der Waals surface area contributed by atoms with Crippen LogP contribution in [-0.2, 0) is 31.9 Å². The maximum atomic E-state index is 11.0. The third-order valence-electron chi connectivity index (χ3n) is 9.26. The van der Waals surface area contributed by atoms with Gasteiger partial charge in [0.05, 0.1) is 11.2 Å². The summed E-state index contributed by atoms with van der Waals surface area (Å²) >= 11 is 0. The van der Waals surface area contributed by atoms with Crippen LogP contribution in [0.2, 0.25) is 0 Å². The van der Waals surface area contributed by atoms with E-state index in [9.17, 15) is 5.11 Å². The van der Waals surface area contributed by atoms with E-state index in [0.717, 1.165) is 61.3 Å². The monoisotopic (exact) mass is 808 g/mol. The fourth-order valence-electron chi connectivity index (χ4n) is 6.87. The van der Waals surface area contributed by atoms with Gasteiger partial charge in [-0.25, -0.2) is 9.97 Å². The van der Waals surface area contributed by atoms with Crippen molar-refractivity contribution in [2.24, 2.45) is 0 Å². The Morgan fingerprint density at radius 1 is 0.667 bits per heavy atom. The number of phenolic OH excluding ortho intramolecular Hbond substituents is 1. The Labute approximate surface area is 295 Å². The average molecular weight is 809 g/mol. The minimum atomic E-state index is -0.169. The summed E-state index contributed by atoms with van der Waals surface area (Å²) in [6.45, 7) is 13.4. The molecule has 0 fully saturated rings. The van der Waals surface area contributed by atoms with Crippen molar-refractivity contribution in [1.82, 2.24) is 19.1 Å². The summed E-state index contributed by atoms with van der Waals surface area (Å²) in [5.41, 5.74) is 8.43. The number of aromatic nitrogens is 4. The smallest absolute Gasteiger partial charge is 0.144 e. The van der Waals surface area contributed by atoms with Gasteiger partial charge in [-0.05, 0) is 70.3 Å². The van der Waals surface area contributed by atoms with Gasteiger partial charge in [-0.3, -0.25) is 0 Å². The van der Waals surface area contributed by atoms with Gasteiger partial charge in [-0.15, -0.1) is 17.7 Å². The molecule has 0 atom stereocenters. The van der Waals surface area contributed by atoms with Crippen molar-refractivity contribution in [3.63, 3.8) is 0 Å². The van der Waals surface area contributed by atoms with Crippen molar-refractivity contribution in [3.05, 3.63) is 127 Å². The maximum absolute atomic E-state index is 11.0. The Hall–Kier alpha value is -4.73. The van der Waals surface area contributed by atoms with Gasteiger partial charge in [0.2, 0.25) is 0 Å². The molecule has 6 heteroatoms. The Morgan fingerprint density at radius 2 is 1.35 bits per heavy atom.